The first kappa shape index (κ1) is 16.2. The van der Waals surface area contributed by atoms with E-state index >= 15 is 0 Å². The summed E-state index contributed by atoms with van der Waals surface area (Å²) >= 11 is 1.26. The predicted octanol–water partition coefficient (Wildman–Crippen LogP) is 3.46. The molecule has 2 aromatic rings. The van der Waals surface area contributed by atoms with Crippen molar-refractivity contribution in [3.05, 3.63) is 68.3 Å². The Morgan fingerprint density at radius 3 is 2.42 bits per heavy atom. The summed E-state index contributed by atoms with van der Waals surface area (Å²) in [5.74, 6) is 0.716. The fraction of sp³-hybridized carbons (Fsp3) is 0.143. The summed E-state index contributed by atoms with van der Waals surface area (Å²) in [6, 6.07) is 10.7. The molecule has 0 aliphatic carbocycles. The van der Waals surface area contributed by atoms with Crippen LogP contribution in [-0.2, 0) is 4.84 Å². The zero-order chi connectivity index (χ0) is 17.3. The lowest BCUT2D eigenvalue weighted by atomic mass is 10.1. The number of nitro groups is 2. The molecule has 1 saturated heterocycles. The summed E-state index contributed by atoms with van der Waals surface area (Å²) in [4.78, 5) is 26.8. The lowest BCUT2D eigenvalue weighted by Crippen LogP contribution is -1.98. The number of methoxy groups -OCH3 is 1. The van der Waals surface area contributed by atoms with Crippen molar-refractivity contribution in [3.8, 4) is 5.75 Å². The number of non-ortho nitro benzene ring substituents is 1. The zero-order valence-corrected chi connectivity index (χ0v) is 13.1. The van der Waals surface area contributed by atoms with E-state index in [1.807, 2.05) is 12.1 Å². The molecule has 9 nitrogen and oxygen atoms in total. The molecule has 0 aromatic heterocycles. The van der Waals surface area contributed by atoms with Crippen LogP contribution in [0.1, 0.15) is 11.8 Å². The van der Waals surface area contributed by atoms with Gasteiger partial charge in [0.15, 0.2) is 6.23 Å². The number of nitrogens with zero attached hydrogens (tertiary/aromatic N) is 3. The predicted molar refractivity (Wildman–Crippen MR) is 84.3 cm³/mol. The molecule has 0 radical (unpaired) electrons. The Bertz CT molecular complexity index is 798. The van der Waals surface area contributed by atoms with Gasteiger partial charge in [0.2, 0.25) is 0 Å². The molecule has 1 fully saturated rings. The van der Waals surface area contributed by atoms with Crippen molar-refractivity contribution in [1.82, 2.24) is 4.47 Å². The third kappa shape index (κ3) is 3.30. The van der Waals surface area contributed by atoms with Crippen molar-refractivity contribution in [2.45, 2.75) is 11.1 Å². The van der Waals surface area contributed by atoms with Gasteiger partial charge >= 0.3 is 0 Å². The van der Waals surface area contributed by atoms with Gasteiger partial charge in [-0.15, -0.1) is 0 Å². The summed E-state index contributed by atoms with van der Waals surface area (Å²) in [7, 11) is 1.57. The second-order valence-electron chi connectivity index (χ2n) is 4.77. The van der Waals surface area contributed by atoms with E-state index in [1.54, 1.807) is 19.2 Å². The number of nitro benzene ring substituents is 2. The maximum Gasteiger partial charge on any atom is 0.283 e. The summed E-state index contributed by atoms with van der Waals surface area (Å²) < 4.78 is 6.55. The molecule has 1 aliphatic heterocycles. The molecule has 10 heteroatoms. The highest BCUT2D eigenvalue weighted by Crippen LogP contribution is 2.49. The highest BCUT2D eigenvalue weighted by molar-refractivity contribution is 7.97. The topological polar surface area (TPSA) is 111 Å². The molecule has 1 aliphatic rings. The molecule has 1 heterocycles. The molecule has 3 rings (SSSR count). The number of ether oxygens (including phenoxy) is 1. The van der Waals surface area contributed by atoms with Crippen LogP contribution in [0, 0.1) is 20.2 Å². The fourth-order valence-electron chi connectivity index (χ4n) is 2.06. The standard InChI is InChI=1S/C14H11N3O6S/c1-22-10-3-5-11(6-4-10)24-17-14(23-17)12-7-2-9(15(18)19)8-13(12)16(20)21/h2-8,14H,1H3. The average molecular weight is 349 g/mol. The molecule has 0 spiro atoms. The fourth-order valence-corrected chi connectivity index (χ4v) is 2.86. The van der Waals surface area contributed by atoms with Gasteiger partial charge in [-0.25, -0.2) is 0 Å². The Balaban J connectivity index is 1.76. The van der Waals surface area contributed by atoms with E-state index in [1.165, 1.54) is 28.5 Å². The number of benzene rings is 2. The van der Waals surface area contributed by atoms with E-state index in [0.29, 0.717) is 5.75 Å². The van der Waals surface area contributed by atoms with E-state index in [2.05, 4.69) is 0 Å². The van der Waals surface area contributed by atoms with Gasteiger partial charge in [0.25, 0.3) is 11.4 Å². The van der Waals surface area contributed by atoms with Crippen LogP contribution >= 0.6 is 11.9 Å². The van der Waals surface area contributed by atoms with Crippen molar-refractivity contribution >= 4 is 23.3 Å². The van der Waals surface area contributed by atoms with Gasteiger partial charge in [0.1, 0.15) is 5.75 Å². The molecular weight excluding hydrogens is 338 g/mol. The van der Waals surface area contributed by atoms with E-state index < -0.39 is 16.1 Å². The van der Waals surface area contributed by atoms with Gasteiger partial charge in [0, 0.05) is 11.0 Å². The Kier molecular flexibility index (Phi) is 4.34. The van der Waals surface area contributed by atoms with Gasteiger partial charge in [-0.2, -0.15) is 0 Å². The zero-order valence-electron chi connectivity index (χ0n) is 12.3. The van der Waals surface area contributed by atoms with Crippen LogP contribution in [-0.4, -0.2) is 21.4 Å². The number of hydrogen-bond acceptors (Lipinski definition) is 8. The minimum Gasteiger partial charge on any atom is -0.497 e. The molecule has 0 N–H and O–H groups in total. The second-order valence-corrected chi connectivity index (χ2v) is 5.78. The SMILES string of the molecule is COc1ccc(SN2OC2c2ccc([N+](=O)[O-])cc2[N+](=O)[O-])cc1. The first-order chi connectivity index (χ1) is 11.5. The van der Waals surface area contributed by atoms with E-state index in [-0.39, 0.29) is 16.9 Å². The van der Waals surface area contributed by atoms with Gasteiger partial charge in [-0.05, 0) is 42.3 Å². The molecule has 24 heavy (non-hydrogen) atoms. The van der Waals surface area contributed by atoms with Crippen LogP contribution in [0.25, 0.3) is 0 Å². The summed E-state index contributed by atoms with van der Waals surface area (Å²) in [5, 5.41) is 21.9. The third-order valence-corrected chi connectivity index (χ3v) is 4.23. The van der Waals surface area contributed by atoms with Gasteiger partial charge in [-0.1, -0.05) is 4.47 Å². The lowest BCUT2D eigenvalue weighted by Gasteiger charge is -2.02. The number of hydrogen-bond donors (Lipinski definition) is 0. The van der Waals surface area contributed by atoms with Crippen molar-refractivity contribution in [2.75, 3.05) is 7.11 Å². The van der Waals surface area contributed by atoms with Crippen LogP contribution in [0.2, 0.25) is 0 Å². The highest BCUT2D eigenvalue weighted by atomic mass is 32.2. The normalized spacial score (nSPS) is 18.9. The largest absolute Gasteiger partial charge is 0.497 e. The average Bonchev–Trinajstić information content (AvgIpc) is 3.33. The van der Waals surface area contributed by atoms with Gasteiger partial charge in [-0.3, -0.25) is 25.1 Å². The van der Waals surface area contributed by atoms with Crippen LogP contribution in [0.3, 0.4) is 0 Å². The summed E-state index contributed by atoms with van der Waals surface area (Å²) in [6.45, 7) is 0. The molecule has 0 bridgehead atoms. The van der Waals surface area contributed by atoms with E-state index in [9.17, 15) is 20.2 Å². The lowest BCUT2D eigenvalue weighted by molar-refractivity contribution is -0.394. The monoisotopic (exact) mass is 349 g/mol. The molecule has 124 valence electrons. The Morgan fingerprint density at radius 1 is 1.12 bits per heavy atom. The van der Waals surface area contributed by atoms with Crippen molar-refractivity contribution < 1.29 is 19.4 Å². The first-order valence-corrected chi connectivity index (χ1v) is 7.47. The highest BCUT2D eigenvalue weighted by Gasteiger charge is 2.44. The Labute approximate surface area is 140 Å². The van der Waals surface area contributed by atoms with Crippen LogP contribution < -0.4 is 4.74 Å². The number of rotatable bonds is 6. The van der Waals surface area contributed by atoms with Gasteiger partial charge < -0.3 is 4.74 Å². The molecule has 0 amide bonds. The van der Waals surface area contributed by atoms with Crippen LogP contribution in [0.15, 0.2) is 47.4 Å². The minimum atomic E-state index is -0.672. The molecule has 2 atom stereocenters. The van der Waals surface area contributed by atoms with Crippen molar-refractivity contribution in [1.29, 1.82) is 0 Å². The minimum absolute atomic E-state index is 0.270. The maximum absolute atomic E-state index is 11.2. The Hall–Kier alpha value is -2.69. The van der Waals surface area contributed by atoms with Crippen LogP contribution in [0.4, 0.5) is 11.4 Å². The smallest absolute Gasteiger partial charge is 0.283 e. The number of hydroxylamine groups is 1. The van der Waals surface area contributed by atoms with Crippen LogP contribution in [0.5, 0.6) is 5.75 Å². The molecule has 0 saturated carbocycles. The first-order valence-electron chi connectivity index (χ1n) is 6.70. The summed E-state index contributed by atoms with van der Waals surface area (Å²) in [6.07, 6.45) is -0.627. The molecule has 2 aromatic carbocycles. The second kappa shape index (κ2) is 6.43. The third-order valence-electron chi connectivity index (χ3n) is 3.29. The van der Waals surface area contributed by atoms with E-state index in [0.717, 1.165) is 11.0 Å². The van der Waals surface area contributed by atoms with E-state index in [4.69, 9.17) is 9.57 Å². The van der Waals surface area contributed by atoms with Crippen molar-refractivity contribution in [2.24, 2.45) is 0 Å². The van der Waals surface area contributed by atoms with Crippen molar-refractivity contribution in [3.63, 3.8) is 0 Å². The Morgan fingerprint density at radius 2 is 1.83 bits per heavy atom. The van der Waals surface area contributed by atoms with Gasteiger partial charge in [0.05, 0.1) is 28.6 Å². The summed E-state index contributed by atoms with van der Waals surface area (Å²) in [5.41, 5.74) is -0.404. The molecular formula is C14H11N3O6S. The maximum atomic E-state index is 11.2. The quantitative estimate of drug-likeness (QED) is 0.337. The molecule has 2 unspecified atom stereocenters.